The van der Waals surface area contributed by atoms with Gasteiger partial charge < -0.3 is 23.8 Å². The van der Waals surface area contributed by atoms with Crippen molar-refractivity contribution >= 4 is 35.9 Å². The van der Waals surface area contributed by atoms with Gasteiger partial charge in [-0.3, -0.25) is 9.59 Å². The summed E-state index contributed by atoms with van der Waals surface area (Å²) in [4.78, 5) is 49.2. The first-order valence-corrected chi connectivity index (χ1v) is 18.2. The van der Waals surface area contributed by atoms with Gasteiger partial charge >= 0.3 is 24.0 Å². The van der Waals surface area contributed by atoms with Crippen molar-refractivity contribution in [3.05, 3.63) is 35.9 Å². The summed E-state index contributed by atoms with van der Waals surface area (Å²) < 4.78 is 20.4. The van der Waals surface area contributed by atoms with Gasteiger partial charge in [-0.15, -0.1) is 0 Å². The van der Waals surface area contributed by atoms with Crippen molar-refractivity contribution in [2.75, 3.05) is 13.2 Å². The maximum Gasteiger partial charge on any atom is 0.408 e. The number of amides is 1. The second kappa shape index (κ2) is 28.2. The van der Waals surface area contributed by atoms with Gasteiger partial charge in [-0.2, -0.15) is 0 Å². The summed E-state index contributed by atoms with van der Waals surface area (Å²) in [6.07, 6.45) is 18.6. The van der Waals surface area contributed by atoms with Gasteiger partial charge in [0, 0.05) is 18.8 Å². The Kier molecular flexibility index (Phi) is 25.3. The summed E-state index contributed by atoms with van der Waals surface area (Å²) in [7, 11) is 0. The van der Waals surface area contributed by atoms with E-state index in [1.807, 2.05) is 30.3 Å². The van der Waals surface area contributed by atoms with Crippen molar-refractivity contribution < 1.29 is 37.7 Å². The molecule has 47 heavy (non-hydrogen) atoms. The Morgan fingerprint density at radius 3 is 1.74 bits per heavy atom. The van der Waals surface area contributed by atoms with Crippen LogP contribution < -0.4 is 5.32 Å². The third-order valence-electron chi connectivity index (χ3n) is 8.18. The van der Waals surface area contributed by atoms with Gasteiger partial charge in [-0.25, -0.2) is 9.59 Å². The normalized spacial score (nSPS) is 12.3. The molecule has 9 nitrogen and oxygen atoms in total. The summed E-state index contributed by atoms with van der Waals surface area (Å²) in [6, 6.07) is 8.25. The zero-order valence-electron chi connectivity index (χ0n) is 29.1. The number of hydrogen-bond acceptors (Lipinski definition) is 8. The van der Waals surface area contributed by atoms with Gasteiger partial charge in [0.05, 0.1) is 13.2 Å². The third kappa shape index (κ3) is 23.2. The number of esters is 2. The molecule has 0 aromatic heterocycles. The molecule has 0 aliphatic carbocycles. The van der Waals surface area contributed by atoms with Crippen molar-refractivity contribution in [1.82, 2.24) is 5.32 Å². The zero-order chi connectivity index (χ0) is 34.5. The lowest BCUT2D eigenvalue weighted by Crippen LogP contribution is -2.46. The average molecular weight is 682 g/mol. The smallest absolute Gasteiger partial charge is 0.408 e. The van der Waals surface area contributed by atoms with Crippen LogP contribution in [0.1, 0.15) is 142 Å². The Bertz CT molecular complexity index is 974. The minimum absolute atomic E-state index is 0.0146. The summed E-state index contributed by atoms with van der Waals surface area (Å²) in [5.74, 6) is -2.32. The van der Waals surface area contributed by atoms with Crippen molar-refractivity contribution in [2.24, 2.45) is 11.8 Å². The van der Waals surface area contributed by atoms with Crippen LogP contribution in [-0.2, 0) is 39.5 Å². The molecule has 1 aromatic rings. The van der Waals surface area contributed by atoms with Gasteiger partial charge in [-0.05, 0) is 24.3 Å². The number of ether oxygens (including phenoxy) is 3. The van der Waals surface area contributed by atoms with Gasteiger partial charge in [0.25, 0.3) is 0 Å². The fraction of sp³-hybridized carbons (Fsp3) is 0.730. The van der Waals surface area contributed by atoms with Crippen LogP contribution in [0.25, 0.3) is 0 Å². The molecule has 0 aliphatic rings. The molecule has 0 aliphatic heterocycles. The van der Waals surface area contributed by atoms with Crippen LogP contribution in [0.2, 0.25) is 0 Å². The van der Waals surface area contributed by atoms with Crippen molar-refractivity contribution in [1.29, 1.82) is 0 Å². The quantitative estimate of drug-likeness (QED) is 0.0528. The summed E-state index contributed by atoms with van der Waals surface area (Å²) in [6.45, 7) is 5.75. The topological polar surface area (TPSA) is 117 Å². The molecule has 1 rings (SSSR count). The highest BCUT2D eigenvalue weighted by molar-refractivity contribution is 6.13. The highest BCUT2D eigenvalue weighted by Gasteiger charge is 2.28. The maximum atomic E-state index is 12.9. The summed E-state index contributed by atoms with van der Waals surface area (Å²) in [5.41, 5.74) is 0.818. The van der Waals surface area contributed by atoms with E-state index in [0.717, 1.165) is 24.8 Å². The van der Waals surface area contributed by atoms with Crippen LogP contribution in [-0.4, -0.2) is 43.3 Å². The number of nitrogens with one attached hydrogen (secondary N) is 1. The fourth-order valence-corrected chi connectivity index (χ4v) is 5.26. The van der Waals surface area contributed by atoms with Crippen LogP contribution in [0.15, 0.2) is 30.3 Å². The lowest BCUT2D eigenvalue weighted by atomic mass is 10.0. The molecule has 0 radical (unpaired) electrons. The molecular formula is C37H60ClNO8. The Labute approximate surface area is 288 Å². The molecule has 0 saturated carbocycles. The second-order valence-electron chi connectivity index (χ2n) is 12.8. The molecular weight excluding hydrogens is 622 g/mol. The zero-order valence-corrected chi connectivity index (χ0v) is 29.9. The molecule has 10 heteroatoms. The van der Waals surface area contributed by atoms with Crippen LogP contribution >= 0.6 is 11.9 Å². The number of alkyl carbamates (subject to hydrolysis) is 1. The first-order chi connectivity index (χ1) is 22.8. The molecule has 1 aromatic carbocycles. The SMILES string of the molecule is CCCCCCCCCCCCCCCCCC(=O)OCC(CCC(=O)OCl)COC(=O)[C@@H](NC(=O)OCc1ccccc1)C(C)C. The Hall–Kier alpha value is -2.81. The standard InChI is InChI=1S/C37H60ClNO8/c1-4-5-6-7-8-9-10-11-12-13-14-15-16-17-21-24-33(40)44-28-32(25-26-34(41)47-38)29-45-36(42)35(30(2)3)39-37(43)46-27-31-22-19-18-20-23-31/h18-20,22-23,30,32,35H,4-17,21,24-29H2,1-3H3,(H,39,43)/t32?,35-/m0/s1. The van der Waals surface area contributed by atoms with Gasteiger partial charge in [0.2, 0.25) is 0 Å². The molecule has 0 spiro atoms. The van der Waals surface area contributed by atoms with Gasteiger partial charge in [-0.1, -0.05) is 141 Å². The number of benzene rings is 1. The molecule has 2 atom stereocenters. The van der Waals surface area contributed by atoms with Gasteiger partial charge in [0.1, 0.15) is 24.5 Å². The van der Waals surface area contributed by atoms with E-state index in [0.29, 0.717) is 6.42 Å². The largest absolute Gasteiger partial charge is 0.465 e. The van der Waals surface area contributed by atoms with E-state index in [1.165, 1.54) is 77.0 Å². The predicted molar refractivity (Wildman–Crippen MR) is 185 cm³/mol. The average Bonchev–Trinajstić information content (AvgIpc) is 3.07. The van der Waals surface area contributed by atoms with Crippen LogP contribution in [0.3, 0.4) is 0 Å². The second-order valence-corrected chi connectivity index (χ2v) is 12.9. The number of hydrogen-bond donors (Lipinski definition) is 1. The highest BCUT2D eigenvalue weighted by atomic mass is 35.5. The molecule has 0 bridgehead atoms. The van der Waals surface area contributed by atoms with Crippen LogP contribution in [0.5, 0.6) is 0 Å². The van der Waals surface area contributed by atoms with Crippen molar-refractivity contribution in [2.45, 2.75) is 149 Å². The number of halogens is 1. The maximum absolute atomic E-state index is 12.9. The lowest BCUT2D eigenvalue weighted by Gasteiger charge is -2.22. The van der Waals surface area contributed by atoms with E-state index in [9.17, 15) is 19.2 Å². The summed E-state index contributed by atoms with van der Waals surface area (Å²) in [5, 5.41) is 2.57. The monoisotopic (exact) mass is 681 g/mol. The van der Waals surface area contributed by atoms with E-state index in [1.54, 1.807) is 13.8 Å². The van der Waals surface area contributed by atoms with Crippen molar-refractivity contribution in [3.63, 3.8) is 0 Å². The number of rotatable bonds is 28. The fourth-order valence-electron chi connectivity index (χ4n) is 5.18. The lowest BCUT2D eigenvalue weighted by molar-refractivity contribution is -0.151. The van der Waals surface area contributed by atoms with Gasteiger partial charge in [0.15, 0.2) is 0 Å². The molecule has 268 valence electrons. The Balaban J connectivity index is 2.31. The Morgan fingerprint density at radius 2 is 1.21 bits per heavy atom. The first-order valence-electron chi connectivity index (χ1n) is 17.9. The van der Waals surface area contributed by atoms with Crippen LogP contribution in [0, 0.1) is 11.8 Å². The van der Waals surface area contributed by atoms with Crippen LogP contribution in [0.4, 0.5) is 4.79 Å². The van der Waals surface area contributed by atoms with Crippen molar-refractivity contribution in [3.8, 4) is 0 Å². The van der Waals surface area contributed by atoms with E-state index >= 15 is 0 Å². The van der Waals surface area contributed by atoms with E-state index < -0.39 is 30.0 Å². The molecule has 1 N–H and O–H groups in total. The minimum Gasteiger partial charge on any atom is -0.465 e. The van der Waals surface area contributed by atoms with E-state index in [4.69, 9.17) is 26.1 Å². The number of carbonyl (C=O) groups is 4. The molecule has 0 fully saturated rings. The Morgan fingerprint density at radius 1 is 0.681 bits per heavy atom. The molecule has 1 unspecified atom stereocenters. The van der Waals surface area contributed by atoms with E-state index in [2.05, 4.69) is 16.5 Å². The molecule has 0 saturated heterocycles. The first kappa shape index (κ1) is 42.2. The highest BCUT2D eigenvalue weighted by Crippen LogP contribution is 2.16. The third-order valence-corrected chi connectivity index (χ3v) is 8.35. The summed E-state index contributed by atoms with van der Waals surface area (Å²) >= 11 is 5.16. The van der Waals surface area contributed by atoms with E-state index in [-0.39, 0.29) is 44.5 Å². The number of unbranched alkanes of at least 4 members (excludes halogenated alkanes) is 14. The molecule has 1 amide bonds. The number of carbonyl (C=O) groups excluding carboxylic acids is 4. The molecule has 0 heterocycles. The predicted octanol–water partition coefficient (Wildman–Crippen LogP) is 9.38. The minimum atomic E-state index is -0.945.